The van der Waals surface area contributed by atoms with Crippen LogP contribution in [0.15, 0.2) is 23.1 Å². The van der Waals surface area contributed by atoms with Crippen LogP contribution in [0.5, 0.6) is 0 Å². The number of nitrogens with two attached hydrogens (primary N) is 1. The Bertz CT molecular complexity index is 320. The average Bonchev–Trinajstić information content (AvgIpc) is 2.11. The van der Waals surface area contributed by atoms with E-state index in [1.165, 1.54) is 6.07 Å². The molecular formula is C9H14N2O2. The van der Waals surface area contributed by atoms with E-state index in [4.69, 9.17) is 10.5 Å². The van der Waals surface area contributed by atoms with Crippen molar-refractivity contribution in [3.8, 4) is 0 Å². The van der Waals surface area contributed by atoms with Gasteiger partial charge in [0, 0.05) is 31.1 Å². The van der Waals surface area contributed by atoms with Gasteiger partial charge in [0.1, 0.15) is 0 Å². The number of pyridine rings is 1. The molecule has 0 amide bonds. The summed E-state index contributed by atoms with van der Waals surface area (Å²) in [5, 5.41) is 0. The van der Waals surface area contributed by atoms with Gasteiger partial charge in [0.15, 0.2) is 0 Å². The molecule has 0 aliphatic rings. The molecule has 0 bridgehead atoms. The van der Waals surface area contributed by atoms with Gasteiger partial charge in [0.2, 0.25) is 0 Å². The van der Waals surface area contributed by atoms with Crippen LogP contribution in [0.25, 0.3) is 0 Å². The summed E-state index contributed by atoms with van der Waals surface area (Å²) in [7, 11) is 0. The van der Waals surface area contributed by atoms with Crippen molar-refractivity contribution in [1.29, 1.82) is 0 Å². The molecule has 1 aromatic rings. The summed E-state index contributed by atoms with van der Waals surface area (Å²) in [6.07, 6.45) is 1.63. The van der Waals surface area contributed by atoms with Gasteiger partial charge in [-0.25, -0.2) is 0 Å². The maximum Gasteiger partial charge on any atom is 0.250 e. The van der Waals surface area contributed by atoms with Gasteiger partial charge in [-0.1, -0.05) is 0 Å². The fourth-order valence-corrected chi connectivity index (χ4v) is 1.03. The van der Waals surface area contributed by atoms with Gasteiger partial charge in [-0.05, 0) is 13.0 Å². The summed E-state index contributed by atoms with van der Waals surface area (Å²) in [6, 6.07) is 3.06. The number of anilines is 1. The highest BCUT2D eigenvalue weighted by Crippen LogP contribution is 1.95. The van der Waals surface area contributed by atoms with E-state index in [0.29, 0.717) is 25.4 Å². The molecule has 0 saturated carbocycles. The van der Waals surface area contributed by atoms with Crippen LogP contribution >= 0.6 is 0 Å². The predicted octanol–water partition coefficient (Wildman–Crippen LogP) is 0.467. The van der Waals surface area contributed by atoms with Gasteiger partial charge in [-0.15, -0.1) is 0 Å². The Labute approximate surface area is 76.9 Å². The Balaban J connectivity index is 2.65. The second kappa shape index (κ2) is 4.67. The highest BCUT2D eigenvalue weighted by atomic mass is 16.5. The van der Waals surface area contributed by atoms with Crippen molar-refractivity contribution in [3.05, 3.63) is 28.7 Å². The zero-order chi connectivity index (χ0) is 9.68. The van der Waals surface area contributed by atoms with Crippen LogP contribution in [0.1, 0.15) is 6.92 Å². The van der Waals surface area contributed by atoms with Crippen molar-refractivity contribution in [1.82, 2.24) is 4.57 Å². The van der Waals surface area contributed by atoms with Gasteiger partial charge in [-0.2, -0.15) is 0 Å². The standard InChI is InChI=1S/C9H14N2O2/c1-2-13-6-5-11-7-8(10)3-4-9(11)12/h3-4,7H,2,5-6,10H2,1H3. The molecule has 4 heteroatoms. The molecule has 0 spiro atoms. The van der Waals surface area contributed by atoms with E-state index in [0.717, 1.165) is 0 Å². The maximum absolute atomic E-state index is 11.2. The lowest BCUT2D eigenvalue weighted by molar-refractivity contribution is 0.138. The third-order valence-electron chi connectivity index (χ3n) is 1.69. The molecule has 0 radical (unpaired) electrons. The molecule has 0 saturated heterocycles. The highest BCUT2D eigenvalue weighted by molar-refractivity contribution is 5.33. The van der Waals surface area contributed by atoms with E-state index >= 15 is 0 Å². The Morgan fingerprint density at radius 3 is 3.00 bits per heavy atom. The van der Waals surface area contributed by atoms with Crippen LogP contribution in [-0.4, -0.2) is 17.8 Å². The SMILES string of the molecule is CCOCCn1cc(N)ccc1=O. The summed E-state index contributed by atoms with van der Waals surface area (Å²) in [5.41, 5.74) is 6.08. The third kappa shape index (κ3) is 2.91. The Hall–Kier alpha value is -1.29. The molecule has 1 heterocycles. The molecule has 0 fully saturated rings. The van der Waals surface area contributed by atoms with Crippen LogP contribution in [0.3, 0.4) is 0 Å². The van der Waals surface area contributed by atoms with E-state index in [1.807, 2.05) is 6.92 Å². The predicted molar refractivity (Wildman–Crippen MR) is 51.6 cm³/mol. The van der Waals surface area contributed by atoms with Crippen molar-refractivity contribution in [3.63, 3.8) is 0 Å². The zero-order valence-corrected chi connectivity index (χ0v) is 7.69. The van der Waals surface area contributed by atoms with E-state index < -0.39 is 0 Å². The first kappa shape index (κ1) is 9.80. The summed E-state index contributed by atoms with van der Waals surface area (Å²) < 4.78 is 6.68. The molecule has 0 aromatic carbocycles. The van der Waals surface area contributed by atoms with Crippen molar-refractivity contribution in [2.45, 2.75) is 13.5 Å². The highest BCUT2D eigenvalue weighted by Gasteiger charge is 1.95. The molecule has 1 rings (SSSR count). The Morgan fingerprint density at radius 1 is 1.54 bits per heavy atom. The molecule has 0 aliphatic heterocycles. The first-order valence-corrected chi connectivity index (χ1v) is 4.27. The molecule has 72 valence electrons. The molecule has 1 aromatic heterocycles. The Morgan fingerprint density at radius 2 is 2.31 bits per heavy atom. The van der Waals surface area contributed by atoms with Crippen LogP contribution in [0.2, 0.25) is 0 Å². The smallest absolute Gasteiger partial charge is 0.250 e. The number of nitrogen functional groups attached to an aromatic ring is 1. The molecule has 4 nitrogen and oxygen atoms in total. The largest absolute Gasteiger partial charge is 0.398 e. The molecule has 2 N–H and O–H groups in total. The van der Waals surface area contributed by atoms with Crippen molar-refractivity contribution in [2.75, 3.05) is 18.9 Å². The van der Waals surface area contributed by atoms with Crippen LogP contribution in [-0.2, 0) is 11.3 Å². The zero-order valence-electron chi connectivity index (χ0n) is 7.69. The minimum Gasteiger partial charge on any atom is -0.398 e. The minimum absolute atomic E-state index is 0.0473. The van der Waals surface area contributed by atoms with Gasteiger partial charge >= 0.3 is 0 Å². The number of aromatic nitrogens is 1. The third-order valence-corrected chi connectivity index (χ3v) is 1.69. The molecular weight excluding hydrogens is 168 g/mol. The van der Waals surface area contributed by atoms with E-state index in [9.17, 15) is 4.79 Å². The van der Waals surface area contributed by atoms with Crippen LogP contribution in [0.4, 0.5) is 5.69 Å². The summed E-state index contributed by atoms with van der Waals surface area (Å²) in [4.78, 5) is 11.2. The monoisotopic (exact) mass is 182 g/mol. The molecule has 0 unspecified atom stereocenters. The topological polar surface area (TPSA) is 57.2 Å². The van der Waals surface area contributed by atoms with Crippen molar-refractivity contribution >= 4 is 5.69 Å². The van der Waals surface area contributed by atoms with Crippen molar-refractivity contribution < 1.29 is 4.74 Å². The lowest BCUT2D eigenvalue weighted by atomic mass is 10.4. The van der Waals surface area contributed by atoms with Gasteiger partial charge in [0.25, 0.3) is 5.56 Å². The maximum atomic E-state index is 11.2. The normalized spacial score (nSPS) is 10.2. The molecule has 0 aliphatic carbocycles. The van der Waals surface area contributed by atoms with Crippen LogP contribution in [0, 0.1) is 0 Å². The summed E-state index contributed by atoms with van der Waals surface area (Å²) >= 11 is 0. The lowest BCUT2D eigenvalue weighted by Crippen LogP contribution is -2.21. The lowest BCUT2D eigenvalue weighted by Gasteiger charge is -2.05. The van der Waals surface area contributed by atoms with Crippen molar-refractivity contribution in [2.24, 2.45) is 0 Å². The number of ether oxygens (including phenoxy) is 1. The second-order valence-electron chi connectivity index (χ2n) is 2.69. The fraction of sp³-hybridized carbons (Fsp3) is 0.444. The Kier molecular flexibility index (Phi) is 3.52. The number of hydrogen-bond donors (Lipinski definition) is 1. The number of hydrogen-bond acceptors (Lipinski definition) is 3. The average molecular weight is 182 g/mol. The number of nitrogens with zero attached hydrogens (tertiary/aromatic N) is 1. The fourth-order valence-electron chi connectivity index (χ4n) is 1.03. The van der Waals surface area contributed by atoms with E-state index in [-0.39, 0.29) is 5.56 Å². The second-order valence-corrected chi connectivity index (χ2v) is 2.69. The van der Waals surface area contributed by atoms with Gasteiger partial charge in [-0.3, -0.25) is 4.79 Å². The quantitative estimate of drug-likeness (QED) is 0.688. The molecule has 0 atom stereocenters. The van der Waals surface area contributed by atoms with Gasteiger partial charge in [0.05, 0.1) is 6.61 Å². The minimum atomic E-state index is -0.0473. The van der Waals surface area contributed by atoms with E-state index in [1.54, 1.807) is 16.8 Å². The van der Waals surface area contributed by atoms with Crippen LogP contribution < -0.4 is 11.3 Å². The van der Waals surface area contributed by atoms with E-state index in [2.05, 4.69) is 0 Å². The van der Waals surface area contributed by atoms with Gasteiger partial charge < -0.3 is 15.0 Å². The summed E-state index contributed by atoms with van der Waals surface area (Å²) in [5.74, 6) is 0. The number of rotatable bonds is 4. The first-order valence-electron chi connectivity index (χ1n) is 4.27. The summed E-state index contributed by atoms with van der Waals surface area (Å²) in [6.45, 7) is 3.68. The first-order chi connectivity index (χ1) is 6.24. The molecule has 13 heavy (non-hydrogen) atoms.